The Morgan fingerprint density at radius 3 is 2.38 bits per heavy atom. The number of carbonyl (C=O) groups is 1. The van der Waals surface area contributed by atoms with Crippen LogP contribution in [-0.2, 0) is 4.79 Å². The molecule has 26 heavy (non-hydrogen) atoms. The van der Waals surface area contributed by atoms with Crippen LogP contribution in [0.25, 0.3) is 0 Å². The maximum absolute atomic E-state index is 12.2. The molecule has 0 fully saturated rings. The first-order chi connectivity index (χ1) is 12.5. The second kappa shape index (κ2) is 7.68. The zero-order valence-electron chi connectivity index (χ0n) is 15.7. The van der Waals surface area contributed by atoms with Crippen LogP contribution in [0, 0.1) is 0 Å². The quantitative estimate of drug-likeness (QED) is 0.837. The Hall–Kier alpha value is -2.69. The summed E-state index contributed by atoms with van der Waals surface area (Å²) in [6, 6.07) is 11.8. The minimum atomic E-state index is -0.0313. The summed E-state index contributed by atoms with van der Waals surface area (Å²) >= 11 is 0. The molecule has 0 saturated carbocycles. The number of rotatable bonds is 6. The van der Waals surface area contributed by atoms with Gasteiger partial charge in [0.1, 0.15) is 5.75 Å². The molecule has 2 aromatic carbocycles. The van der Waals surface area contributed by atoms with Crippen molar-refractivity contribution < 1.29 is 19.0 Å². The Labute approximate surface area is 154 Å². The lowest BCUT2D eigenvalue weighted by Crippen LogP contribution is -2.23. The van der Waals surface area contributed by atoms with Gasteiger partial charge in [0.2, 0.25) is 5.91 Å². The summed E-state index contributed by atoms with van der Waals surface area (Å²) in [6.45, 7) is 4.15. The van der Waals surface area contributed by atoms with Crippen molar-refractivity contribution in [2.24, 2.45) is 0 Å². The normalized spacial score (nSPS) is 17.1. The van der Waals surface area contributed by atoms with E-state index in [4.69, 9.17) is 14.2 Å². The van der Waals surface area contributed by atoms with Gasteiger partial charge in [-0.15, -0.1) is 0 Å². The van der Waals surface area contributed by atoms with Crippen molar-refractivity contribution >= 4 is 11.6 Å². The van der Waals surface area contributed by atoms with Crippen molar-refractivity contribution in [2.45, 2.75) is 38.7 Å². The molecule has 0 unspecified atom stereocenters. The maximum atomic E-state index is 12.2. The van der Waals surface area contributed by atoms with Gasteiger partial charge >= 0.3 is 0 Å². The van der Waals surface area contributed by atoms with Crippen LogP contribution < -0.4 is 19.5 Å². The first kappa shape index (κ1) is 18.1. The number of nitrogens with one attached hydrogen (secondary N) is 1. The fourth-order valence-corrected chi connectivity index (χ4v) is 3.18. The second-order valence-electron chi connectivity index (χ2n) is 6.51. The van der Waals surface area contributed by atoms with Gasteiger partial charge in [0.25, 0.3) is 0 Å². The Morgan fingerprint density at radius 2 is 1.77 bits per heavy atom. The van der Waals surface area contributed by atoms with E-state index in [-0.39, 0.29) is 17.9 Å². The van der Waals surface area contributed by atoms with Crippen LogP contribution in [0.2, 0.25) is 0 Å². The van der Waals surface area contributed by atoms with Crippen LogP contribution in [-0.4, -0.2) is 26.2 Å². The Kier molecular flexibility index (Phi) is 5.35. The van der Waals surface area contributed by atoms with Crippen molar-refractivity contribution in [3.63, 3.8) is 0 Å². The lowest BCUT2D eigenvalue weighted by atomic mass is 9.84. The molecule has 0 radical (unpaired) electrons. The van der Waals surface area contributed by atoms with E-state index >= 15 is 0 Å². The smallest absolute Gasteiger partial charge is 0.225 e. The number of hydrogen-bond acceptors (Lipinski definition) is 4. The number of amides is 1. The second-order valence-corrected chi connectivity index (χ2v) is 6.51. The number of carbonyl (C=O) groups excluding carboxylic acids is 1. The van der Waals surface area contributed by atoms with Crippen LogP contribution in [0.1, 0.15) is 43.7 Å². The van der Waals surface area contributed by atoms with Gasteiger partial charge in [0.05, 0.1) is 20.3 Å². The van der Waals surface area contributed by atoms with Gasteiger partial charge in [-0.25, -0.2) is 0 Å². The van der Waals surface area contributed by atoms with Crippen LogP contribution >= 0.6 is 0 Å². The Balaban J connectivity index is 1.95. The van der Waals surface area contributed by atoms with E-state index in [1.807, 2.05) is 36.4 Å². The van der Waals surface area contributed by atoms with Gasteiger partial charge in [-0.3, -0.25) is 4.79 Å². The minimum Gasteiger partial charge on any atom is -0.493 e. The number of anilines is 1. The molecule has 2 atom stereocenters. The lowest BCUT2D eigenvalue weighted by Gasteiger charge is -2.27. The van der Waals surface area contributed by atoms with E-state index in [2.05, 4.69) is 19.2 Å². The fraction of sp³-hybridized carbons (Fsp3) is 0.381. The first-order valence-electron chi connectivity index (χ1n) is 8.88. The molecule has 5 heteroatoms. The average molecular weight is 355 g/mol. The summed E-state index contributed by atoms with van der Waals surface area (Å²) in [5.41, 5.74) is 2.87. The van der Waals surface area contributed by atoms with Crippen LogP contribution in [0.15, 0.2) is 36.4 Å². The molecule has 0 saturated heterocycles. The van der Waals surface area contributed by atoms with Crippen molar-refractivity contribution in [3.05, 3.63) is 47.5 Å². The maximum Gasteiger partial charge on any atom is 0.225 e. The molecule has 1 amide bonds. The van der Waals surface area contributed by atoms with E-state index in [0.29, 0.717) is 17.9 Å². The van der Waals surface area contributed by atoms with Gasteiger partial charge in [-0.1, -0.05) is 19.1 Å². The monoisotopic (exact) mass is 355 g/mol. The minimum absolute atomic E-state index is 0.00495. The summed E-state index contributed by atoms with van der Waals surface area (Å²) in [5.74, 6) is 2.07. The molecular formula is C21H25NO4. The number of methoxy groups -OCH3 is 2. The first-order valence-corrected chi connectivity index (χ1v) is 8.88. The molecule has 0 bridgehead atoms. The van der Waals surface area contributed by atoms with Crippen LogP contribution in [0.5, 0.6) is 17.2 Å². The summed E-state index contributed by atoms with van der Waals surface area (Å²) in [6.07, 6.45) is 1.53. The number of hydrogen-bond donors (Lipinski definition) is 1. The van der Waals surface area contributed by atoms with E-state index in [0.717, 1.165) is 29.0 Å². The molecule has 138 valence electrons. The predicted octanol–water partition coefficient (Wildman–Crippen LogP) is 4.36. The van der Waals surface area contributed by atoms with Gasteiger partial charge in [-0.2, -0.15) is 0 Å². The molecule has 5 nitrogen and oxygen atoms in total. The molecule has 1 heterocycles. The zero-order chi connectivity index (χ0) is 18.7. The molecule has 2 aromatic rings. The third-order valence-electron chi connectivity index (χ3n) is 4.79. The average Bonchev–Trinajstić information content (AvgIpc) is 2.66. The highest BCUT2D eigenvalue weighted by Crippen LogP contribution is 2.43. The highest BCUT2D eigenvalue weighted by Gasteiger charge is 2.28. The van der Waals surface area contributed by atoms with Crippen LogP contribution in [0.3, 0.4) is 0 Å². The van der Waals surface area contributed by atoms with E-state index in [1.54, 1.807) is 14.2 Å². The van der Waals surface area contributed by atoms with Crippen LogP contribution in [0.4, 0.5) is 5.69 Å². The molecule has 1 N–H and O–H groups in total. The van der Waals surface area contributed by atoms with Gasteiger partial charge < -0.3 is 19.5 Å². The predicted molar refractivity (Wildman–Crippen MR) is 101 cm³/mol. The van der Waals surface area contributed by atoms with Gasteiger partial charge in [-0.05, 0) is 42.7 Å². The molecule has 1 aliphatic heterocycles. The van der Waals surface area contributed by atoms with Crippen molar-refractivity contribution in [3.8, 4) is 17.2 Å². The molecule has 3 rings (SSSR count). The van der Waals surface area contributed by atoms with Gasteiger partial charge in [0.15, 0.2) is 11.5 Å². The van der Waals surface area contributed by atoms with Gasteiger partial charge in [0, 0.05) is 24.1 Å². The SMILES string of the molecule is CC[C@H](C)Oc1ccc([C@H]2CC(=O)Nc3cc(OC)c(OC)cc32)cc1. The largest absolute Gasteiger partial charge is 0.493 e. The Morgan fingerprint density at radius 1 is 1.12 bits per heavy atom. The molecule has 0 aliphatic carbocycles. The molecule has 1 aliphatic rings. The lowest BCUT2D eigenvalue weighted by molar-refractivity contribution is -0.116. The van der Waals surface area contributed by atoms with Crippen molar-refractivity contribution in [1.29, 1.82) is 0 Å². The van der Waals surface area contributed by atoms with Crippen molar-refractivity contribution in [1.82, 2.24) is 0 Å². The standard InChI is InChI=1S/C21H25NO4/c1-5-13(2)26-15-8-6-14(7-9-15)16-11-21(23)22-18-12-20(25-4)19(24-3)10-17(16)18/h6-10,12-13,16H,5,11H2,1-4H3,(H,22,23)/t13-,16+/m0/s1. The fourth-order valence-electron chi connectivity index (χ4n) is 3.18. The molecule has 0 spiro atoms. The number of fused-ring (bicyclic) bond motifs is 1. The zero-order valence-corrected chi connectivity index (χ0v) is 15.7. The van der Waals surface area contributed by atoms with E-state index in [1.165, 1.54) is 0 Å². The number of benzene rings is 2. The highest BCUT2D eigenvalue weighted by atomic mass is 16.5. The summed E-state index contributed by atoms with van der Waals surface area (Å²) in [5, 5.41) is 2.93. The number of ether oxygens (including phenoxy) is 3. The van der Waals surface area contributed by atoms with E-state index < -0.39 is 0 Å². The summed E-state index contributed by atoms with van der Waals surface area (Å²) in [4.78, 5) is 12.2. The third kappa shape index (κ3) is 3.62. The van der Waals surface area contributed by atoms with E-state index in [9.17, 15) is 4.79 Å². The summed E-state index contributed by atoms with van der Waals surface area (Å²) in [7, 11) is 3.20. The van der Waals surface area contributed by atoms with Crippen molar-refractivity contribution in [2.75, 3.05) is 19.5 Å². The third-order valence-corrected chi connectivity index (χ3v) is 4.79. The topological polar surface area (TPSA) is 56.8 Å². The summed E-state index contributed by atoms with van der Waals surface area (Å²) < 4.78 is 16.6. The Bertz CT molecular complexity index is 785. The highest BCUT2D eigenvalue weighted by molar-refractivity contribution is 5.96. The molecule has 0 aromatic heterocycles. The molecular weight excluding hydrogens is 330 g/mol.